The largest absolute Gasteiger partial charge is 0.497 e. The van der Waals surface area contributed by atoms with Crippen molar-refractivity contribution in [2.24, 2.45) is 0 Å². The van der Waals surface area contributed by atoms with Gasteiger partial charge in [0.05, 0.1) is 18.6 Å². The van der Waals surface area contributed by atoms with Gasteiger partial charge in [0.1, 0.15) is 5.75 Å². The van der Waals surface area contributed by atoms with Gasteiger partial charge in [-0.05, 0) is 24.7 Å². The number of ether oxygens (including phenoxy) is 2. The van der Waals surface area contributed by atoms with Gasteiger partial charge in [-0.3, -0.25) is 10.1 Å². The first-order valence-corrected chi connectivity index (χ1v) is 6.88. The van der Waals surface area contributed by atoms with E-state index in [1.54, 1.807) is 12.1 Å². The summed E-state index contributed by atoms with van der Waals surface area (Å²) in [7, 11) is 1.52. The molecule has 106 valence electrons. The quantitative estimate of drug-likeness (QED) is 0.326. The molecular formula is C13H19NO4S. The van der Waals surface area contributed by atoms with E-state index >= 15 is 0 Å². The van der Waals surface area contributed by atoms with Crippen LogP contribution in [0.2, 0.25) is 0 Å². The minimum absolute atomic E-state index is 0.0313. The summed E-state index contributed by atoms with van der Waals surface area (Å²) in [6.07, 6.45) is 4.11. The Hall–Kier alpha value is -1.43. The summed E-state index contributed by atoms with van der Waals surface area (Å²) < 4.78 is 10.5. The molecule has 0 saturated heterocycles. The Morgan fingerprint density at radius 3 is 2.63 bits per heavy atom. The molecule has 5 nitrogen and oxygen atoms in total. The summed E-state index contributed by atoms with van der Waals surface area (Å²) in [6.45, 7) is 0.473. The summed E-state index contributed by atoms with van der Waals surface area (Å²) in [5.74, 6) is 1.71. The maximum absolute atomic E-state index is 10.9. The summed E-state index contributed by atoms with van der Waals surface area (Å²) in [6, 6.07) is 4.50. The molecule has 19 heavy (non-hydrogen) atoms. The number of thiol groups is 1. The Kier molecular flexibility index (Phi) is 7.10. The van der Waals surface area contributed by atoms with Crippen LogP contribution < -0.4 is 9.47 Å². The molecule has 1 rings (SSSR count). The van der Waals surface area contributed by atoms with E-state index in [1.807, 2.05) is 0 Å². The van der Waals surface area contributed by atoms with Crippen LogP contribution in [0.1, 0.15) is 25.7 Å². The third-order valence-corrected chi connectivity index (χ3v) is 2.99. The SMILES string of the molecule is COc1ccc([N+](=O)[O-])c(OCCCCCCS)c1. The van der Waals surface area contributed by atoms with E-state index in [0.717, 1.165) is 31.4 Å². The van der Waals surface area contributed by atoms with Gasteiger partial charge in [-0.15, -0.1) is 0 Å². The van der Waals surface area contributed by atoms with Crippen molar-refractivity contribution in [2.75, 3.05) is 19.5 Å². The molecule has 0 atom stereocenters. The molecule has 0 spiro atoms. The molecule has 0 heterocycles. The normalized spacial score (nSPS) is 10.2. The van der Waals surface area contributed by atoms with Gasteiger partial charge in [0.25, 0.3) is 0 Å². The Bertz CT molecular complexity index is 412. The second-order valence-corrected chi connectivity index (χ2v) is 4.52. The van der Waals surface area contributed by atoms with Gasteiger partial charge in [0.15, 0.2) is 0 Å². The van der Waals surface area contributed by atoms with Crippen molar-refractivity contribution in [2.45, 2.75) is 25.7 Å². The van der Waals surface area contributed by atoms with E-state index in [9.17, 15) is 10.1 Å². The average Bonchev–Trinajstić information content (AvgIpc) is 2.42. The lowest BCUT2D eigenvalue weighted by Crippen LogP contribution is -2.01. The lowest BCUT2D eigenvalue weighted by atomic mass is 10.2. The molecule has 0 saturated carbocycles. The Labute approximate surface area is 118 Å². The summed E-state index contributed by atoms with van der Waals surface area (Å²) in [4.78, 5) is 10.4. The molecule has 0 aromatic heterocycles. The lowest BCUT2D eigenvalue weighted by Gasteiger charge is -2.08. The van der Waals surface area contributed by atoms with Crippen LogP contribution in [0.25, 0.3) is 0 Å². The first-order chi connectivity index (χ1) is 9.19. The number of methoxy groups -OCH3 is 1. The highest BCUT2D eigenvalue weighted by atomic mass is 32.1. The zero-order chi connectivity index (χ0) is 14.1. The van der Waals surface area contributed by atoms with Crippen LogP contribution in [0.3, 0.4) is 0 Å². The van der Waals surface area contributed by atoms with Crippen molar-refractivity contribution in [3.05, 3.63) is 28.3 Å². The van der Waals surface area contributed by atoms with Gasteiger partial charge in [-0.25, -0.2) is 0 Å². The number of nitro benzene ring substituents is 1. The lowest BCUT2D eigenvalue weighted by molar-refractivity contribution is -0.385. The second kappa shape index (κ2) is 8.63. The van der Waals surface area contributed by atoms with E-state index in [1.165, 1.54) is 13.2 Å². The molecule has 1 aromatic rings. The number of hydrogen-bond donors (Lipinski definition) is 1. The van der Waals surface area contributed by atoms with Crippen molar-refractivity contribution in [3.63, 3.8) is 0 Å². The molecule has 0 N–H and O–H groups in total. The number of nitro groups is 1. The number of rotatable bonds is 9. The molecule has 0 radical (unpaired) electrons. The summed E-state index contributed by atoms with van der Waals surface area (Å²) in [5.41, 5.74) is -0.0313. The predicted molar refractivity (Wildman–Crippen MR) is 77.5 cm³/mol. The maximum atomic E-state index is 10.9. The Balaban J connectivity index is 2.52. The van der Waals surface area contributed by atoms with Crippen LogP contribution in [0.4, 0.5) is 5.69 Å². The number of benzene rings is 1. The number of hydrogen-bond acceptors (Lipinski definition) is 5. The van der Waals surface area contributed by atoms with Gasteiger partial charge in [0, 0.05) is 12.1 Å². The van der Waals surface area contributed by atoms with Gasteiger partial charge in [-0.2, -0.15) is 12.6 Å². The van der Waals surface area contributed by atoms with Crippen LogP contribution in [0.5, 0.6) is 11.5 Å². The summed E-state index contributed by atoms with van der Waals surface area (Å²) in [5, 5.41) is 10.9. The van der Waals surface area contributed by atoms with Crippen molar-refractivity contribution in [3.8, 4) is 11.5 Å². The van der Waals surface area contributed by atoms with Crippen molar-refractivity contribution in [1.29, 1.82) is 0 Å². The number of unbranched alkanes of at least 4 members (excludes halogenated alkanes) is 3. The van der Waals surface area contributed by atoms with Crippen LogP contribution in [0.15, 0.2) is 18.2 Å². The average molecular weight is 285 g/mol. The zero-order valence-electron chi connectivity index (χ0n) is 11.0. The smallest absolute Gasteiger partial charge is 0.311 e. The fraction of sp³-hybridized carbons (Fsp3) is 0.538. The molecule has 0 aliphatic carbocycles. The Morgan fingerprint density at radius 2 is 2.00 bits per heavy atom. The van der Waals surface area contributed by atoms with E-state index < -0.39 is 4.92 Å². The summed E-state index contributed by atoms with van der Waals surface area (Å²) >= 11 is 4.14. The second-order valence-electron chi connectivity index (χ2n) is 4.08. The Morgan fingerprint density at radius 1 is 1.26 bits per heavy atom. The minimum atomic E-state index is -0.449. The van der Waals surface area contributed by atoms with E-state index in [0.29, 0.717) is 12.4 Å². The van der Waals surface area contributed by atoms with E-state index in [2.05, 4.69) is 12.6 Å². The zero-order valence-corrected chi connectivity index (χ0v) is 11.9. The van der Waals surface area contributed by atoms with Crippen LogP contribution >= 0.6 is 12.6 Å². The number of nitrogens with zero attached hydrogens (tertiary/aromatic N) is 1. The van der Waals surface area contributed by atoms with Crippen LogP contribution in [0, 0.1) is 10.1 Å². The molecule has 0 bridgehead atoms. The minimum Gasteiger partial charge on any atom is -0.497 e. The predicted octanol–water partition coefficient (Wildman–Crippen LogP) is 3.47. The topological polar surface area (TPSA) is 61.6 Å². The highest BCUT2D eigenvalue weighted by molar-refractivity contribution is 7.80. The standard InChI is InChI=1S/C13H19NO4S/c1-17-11-6-7-12(14(15)16)13(10-11)18-8-4-2-3-5-9-19/h6-7,10,19H,2-5,8-9H2,1H3. The molecule has 0 aliphatic heterocycles. The van der Waals surface area contributed by atoms with Crippen molar-refractivity contribution < 1.29 is 14.4 Å². The first-order valence-electron chi connectivity index (χ1n) is 6.25. The maximum Gasteiger partial charge on any atom is 0.311 e. The van der Waals surface area contributed by atoms with Gasteiger partial charge < -0.3 is 9.47 Å². The molecule has 0 unspecified atom stereocenters. The fourth-order valence-electron chi connectivity index (χ4n) is 1.64. The molecule has 0 amide bonds. The van der Waals surface area contributed by atoms with Crippen LogP contribution in [-0.2, 0) is 0 Å². The first kappa shape index (κ1) is 15.6. The molecule has 0 fully saturated rings. The van der Waals surface area contributed by atoms with Gasteiger partial charge in [-0.1, -0.05) is 12.8 Å². The highest BCUT2D eigenvalue weighted by Gasteiger charge is 2.15. The third kappa shape index (κ3) is 5.38. The van der Waals surface area contributed by atoms with Crippen molar-refractivity contribution >= 4 is 18.3 Å². The van der Waals surface area contributed by atoms with E-state index in [-0.39, 0.29) is 11.4 Å². The molecule has 6 heteroatoms. The third-order valence-electron chi connectivity index (χ3n) is 2.67. The van der Waals surface area contributed by atoms with Crippen LogP contribution in [-0.4, -0.2) is 24.4 Å². The molecule has 0 aliphatic rings. The highest BCUT2D eigenvalue weighted by Crippen LogP contribution is 2.31. The fourth-order valence-corrected chi connectivity index (χ4v) is 1.86. The van der Waals surface area contributed by atoms with Crippen molar-refractivity contribution in [1.82, 2.24) is 0 Å². The van der Waals surface area contributed by atoms with Gasteiger partial charge in [0.2, 0.25) is 5.75 Å². The molecular weight excluding hydrogens is 266 g/mol. The molecule has 1 aromatic carbocycles. The van der Waals surface area contributed by atoms with Gasteiger partial charge >= 0.3 is 5.69 Å². The van der Waals surface area contributed by atoms with E-state index in [4.69, 9.17) is 9.47 Å². The monoisotopic (exact) mass is 285 g/mol.